The van der Waals surface area contributed by atoms with Crippen LogP contribution in [0.15, 0.2) is 10.7 Å². The standard InChI is InChI=1S/C11H17ClN2O2/c1-8-5-14(7-11(2,3)16-8)10-13-9(4-12)6-15-10/h6,8H,4-5,7H2,1-3H3. The van der Waals surface area contributed by atoms with Gasteiger partial charge < -0.3 is 14.1 Å². The summed E-state index contributed by atoms with van der Waals surface area (Å²) in [5.41, 5.74) is 0.599. The number of alkyl halides is 1. The summed E-state index contributed by atoms with van der Waals surface area (Å²) in [6, 6.07) is 0.638. The van der Waals surface area contributed by atoms with E-state index in [1.54, 1.807) is 6.26 Å². The highest BCUT2D eigenvalue weighted by molar-refractivity contribution is 6.16. The van der Waals surface area contributed by atoms with Gasteiger partial charge in [-0.3, -0.25) is 0 Å². The summed E-state index contributed by atoms with van der Waals surface area (Å²) in [5.74, 6) is 0.382. The molecule has 90 valence electrons. The van der Waals surface area contributed by atoms with Crippen molar-refractivity contribution < 1.29 is 9.15 Å². The SMILES string of the molecule is CC1CN(c2nc(CCl)co2)CC(C)(C)O1. The molecule has 1 atom stereocenters. The van der Waals surface area contributed by atoms with Gasteiger partial charge in [-0.1, -0.05) is 0 Å². The van der Waals surface area contributed by atoms with Crippen LogP contribution in [-0.2, 0) is 10.6 Å². The molecule has 1 aliphatic heterocycles. The lowest BCUT2D eigenvalue weighted by atomic mass is 10.1. The van der Waals surface area contributed by atoms with Gasteiger partial charge in [0.25, 0.3) is 6.01 Å². The molecule has 1 aliphatic rings. The third kappa shape index (κ3) is 2.50. The maximum absolute atomic E-state index is 5.82. The molecule has 0 aromatic carbocycles. The fraction of sp³-hybridized carbons (Fsp3) is 0.727. The van der Waals surface area contributed by atoms with Crippen LogP contribution in [0.25, 0.3) is 0 Å². The third-order valence-electron chi connectivity index (χ3n) is 2.52. The molecule has 0 N–H and O–H groups in total. The Balaban J connectivity index is 2.14. The van der Waals surface area contributed by atoms with Gasteiger partial charge in [0, 0.05) is 6.54 Å². The zero-order valence-electron chi connectivity index (χ0n) is 9.86. The normalized spacial score (nSPS) is 24.8. The van der Waals surface area contributed by atoms with Gasteiger partial charge in [-0.25, -0.2) is 0 Å². The minimum absolute atomic E-state index is 0.173. The molecule has 0 aliphatic carbocycles. The molecule has 0 spiro atoms. The van der Waals surface area contributed by atoms with Crippen LogP contribution in [0.4, 0.5) is 6.01 Å². The number of hydrogen-bond donors (Lipinski definition) is 0. The maximum atomic E-state index is 5.82. The van der Waals surface area contributed by atoms with E-state index < -0.39 is 0 Å². The highest BCUT2D eigenvalue weighted by atomic mass is 35.5. The van der Waals surface area contributed by atoms with Crippen molar-refractivity contribution in [2.45, 2.75) is 38.4 Å². The molecule has 5 heteroatoms. The Morgan fingerprint density at radius 1 is 1.62 bits per heavy atom. The van der Waals surface area contributed by atoms with Crippen molar-refractivity contribution in [3.63, 3.8) is 0 Å². The quantitative estimate of drug-likeness (QED) is 0.749. The Morgan fingerprint density at radius 2 is 2.38 bits per heavy atom. The fourth-order valence-electron chi connectivity index (χ4n) is 2.10. The Morgan fingerprint density at radius 3 is 2.94 bits per heavy atom. The Kier molecular flexibility index (Phi) is 3.13. The Labute approximate surface area is 101 Å². The van der Waals surface area contributed by atoms with Crippen molar-refractivity contribution in [3.8, 4) is 0 Å². The second kappa shape index (κ2) is 4.26. The largest absolute Gasteiger partial charge is 0.432 e. The molecular weight excluding hydrogens is 228 g/mol. The predicted octanol–water partition coefficient (Wildman–Crippen LogP) is 2.42. The van der Waals surface area contributed by atoms with Crippen LogP contribution in [-0.4, -0.2) is 29.8 Å². The number of oxazole rings is 1. The highest BCUT2D eigenvalue weighted by Gasteiger charge is 2.33. The number of halogens is 1. The van der Waals surface area contributed by atoms with Gasteiger partial charge in [0.15, 0.2) is 0 Å². The van der Waals surface area contributed by atoms with Crippen molar-refractivity contribution in [2.75, 3.05) is 18.0 Å². The smallest absolute Gasteiger partial charge is 0.297 e. The zero-order valence-corrected chi connectivity index (χ0v) is 10.6. The molecule has 0 bridgehead atoms. The average molecular weight is 245 g/mol. The van der Waals surface area contributed by atoms with Gasteiger partial charge >= 0.3 is 0 Å². The summed E-state index contributed by atoms with van der Waals surface area (Å²) in [6.07, 6.45) is 1.78. The lowest BCUT2D eigenvalue weighted by Gasteiger charge is -2.40. The van der Waals surface area contributed by atoms with E-state index >= 15 is 0 Å². The van der Waals surface area contributed by atoms with Crippen LogP contribution in [0, 0.1) is 0 Å². The summed E-state index contributed by atoms with van der Waals surface area (Å²) in [7, 11) is 0. The van der Waals surface area contributed by atoms with E-state index in [4.69, 9.17) is 20.8 Å². The van der Waals surface area contributed by atoms with Crippen LogP contribution in [0.5, 0.6) is 0 Å². The summed E-state index contributed by atoms with van der Waals surface area (Å²) in [5, 5.41) is 0. The van der Waals surface area contributed by atoms with Crippen LogP contribution >= 0.6 is 11.6 Å². The highest BCUT2D eigenvalue weighted by Crippen LogP contribution is 2.25. The lowest BCUT2D eigenvalue weighted by molar-refractivity contribution is -0.0761. The van der Waals surface area contributed by atoms with Crippen molar-refractivity contribution in [1.82, 2.24) is 4.98 Å². The fourth-order valence-corrected chi connectivity index (χ4v) is 2.23. The number of aromatic nitrogens is 1. The molecule has 1 fully saturated rings. The third-order valence-corrected chi connectivity index (χ3v) is 2.79. The van der Waals surface area contributed by atoms with Gasteiger partial charge in [-0.15, -0.1) is 11.6 Å². The number of morpholine rings is 1. The minimum atomic E-state index is -0.173. The molecule has 0 saturated carbocycles. The minimum Gasteiger partial charge on any atom is -0.432 e. The van der Waals surface area contributed by atoms with Crippen LogP contribution < -0.4 is 4.90 Å². The topological polar surface area (TPSA) is 38.5 Å². The molecular formula is C11H17ClN2O2. The number of nitrogens with zero attached hydrogens (tertiary/aromatic N) is 2. The van der Waals surface area contributed by atoms with Gasteiger partial charge in [0.05, 0.1) is 29.8 Å². The first-order valence-electron chi connectivity index (χ1n) is 5.43. The predicted molar refractivity (Wildman–Crippen MR) is 62.9 cm³/mol. The summed E-state index contributed by atoms with van der Waals surface area (Å²) in [4.78, 5) is 6.43. The monoisotopic (exact) mass is 244 g/mol. The second-order valence-electron chi connectivity index (χ2n) is 4.82. The lowest BCUT2D eigenvalue weighted by Crippen LogP contribution is -2.52. The molecule has 16 heavy (non-hydrogen) atoms. The number of ether oxygens (including phenoxy) is 1. The number of hydrogen-bond acceptors (Lipinski definition) is 4. The van der Waals surface area contributed by atoms with E-state index in [1.807, 2.05) is 0 Å². The maximum Gasteiger partial charge on any atom is 0.297 e. The van der Waals surface area contributed by atoms with Gasteiger partial charge in [-0.05, 0) is 20.8 Å². The molecule has 2 rings (SSSR count). The summed E-state index contributed by atoms with van der Waals surface area (Å²) < 4.78 is 11.2. The van der Waals surface area contributed by atoms with Crippen LogP contribution in [0.1, 0.15) is 26.5 Å². The van der Waals surface area contributed by atoms with Crippen molar-refractivity contribution >= 4 is 17.6 Å². The molecule has 1 aromatic heterocycles. The first-order valence-corrected chi connectivity index (χ1v) is 5.97. The van der Waals surface area contributed by atoms with E-state index in [2.05, 4.69) is 30.7 Å². The van der Waals surface area contributed by atoms with Crippen molar-refractivity contribution in [2.24, 2.45) is 0 Å². The molecule has 1 aromatic rings. The first kappa shape index (κ1) is 11.7. The van der Waals surface area contributed by atoms with Crippen molar-refractivity contribution in [3.05, 3.63) is 12.0 Å². The molecule has 2 heterocycles. The summed E-state index contributed by atoms with van der Waals surface area (Å²) >= 11 is 5.70. The van der Waals surface area contributed by atoms with Gasteiger partial charge in [0.2, 0.25) is 0 Å². The number of rotatable bonds is 2. The molecule has 1 unspecified atom stereocenters. The number of anilines is 1. The second-order valence-corrected chi connectivity index (χ2v) is 5.09. The molecule has 0 amide bonds. The van der Waals surface area contributed by atoms with E-state index in [0.717, 1.165) is 18.8 Å². The van der Waals surface area contributed by atoms with E-state index in [0.29, 0.717) is 11.9 Å². The van der Waals surface area contributed by atoms with E-state index in [1.165, 1.54) is 0 Å². The molecule has 4 nitrogen and oxygen atoms in total. The zero-order chi connectivity index (χ0) is 11.8. The van der Waals surface area contributed by atoms with E-state index in [-0.39, 0.29) is 11.7 Å². The van der Waals surface area contributed by atoms with E-state index in [9.17, 15) is 0 Å². The van der Waals surface area contributed by atoms with Gasteiger partial charge in [0.1, 0.15) is 6.26 Å². The first-order chi connectivity index (χ1) is 7.50. The molecule has 1 saturated heterocycles. The van der Waals surface area contributed by atoms with Crippen molar-refractivity contribution in [1.29, 1.82) is 0 Å². The summed E-state index contributed by atoms with van der Waals surface area (Å²) in [6.45, 7) is 7.77. The van der Waals surface area contributed by atoms with Crippen LogP contribution in [0.2, 0.25) is 0 Å². The average Bonchev–Trinajstić information content (AvgIpc) is 2.62. The Bertz CT molecular complexity index is 365. The Hall–Kier alpha value is -0.740. The van der Waals surface area contributed by atoms with Crippen LogP contribution in [0.3, 0.4) is 0 Å². The van der Waals surface area contributed by atoms with Gasteiger partial charge in [-0.2, -0.15) is 4.98 Å². The molecule has 0 radical (unpaired) electrons.